The van der Waals surface area contributed by atoms with Gasteiger partial charge in [-0.2, -0.15) is 8.78 Å². The number of hydrogen-bond acceptors (Lipinski definition) is 8. The molecule has 2 N–H and O–H groups in total. The van der Waals surface area contributed by atoms with Crippen LogP contribution in [0.4, 0.5) is 13.6 Å². The van der Waals surface area contributed by atoms with Gasteiger partial charge in [0, 0.05) is 11.5 Å². The highest BCUT2D eigenvalue weighted by Gasteiger charge is 2.35. The molecule has 10 nitrogen and oxygen atoms in total. The first kappa shape index (κ1) is 32.4. The number of nitrogens with one attached hydrogen (secondary N) is 2. The second-order valence-corrected chi connectivity index (χ2v) is 11.0. The van der Waals surface area contributed by atoms with Crippen molar-refractivity contribution in [2.45, 2.75) is 51.3 Å². The summed E-state index contributed by atoms with van der Waals surface area (Å²) in [7, 11) is 0. The van der Waals surface area contributed by atoms with E-state index in [0.29, 0.717) is 0 Å². The van der Waals surface area contributed by atoms with Crippen molar-refractivity contribution in [3.8, 4) is 22.6 Å². The Morgan fingerprint density at radius 1 is 0.848 bits per heavy atom. The van der Waals surface area contributed by atoms with E-state index in [0.717, 1.165) is 41.2 Å². The van der Waals surface area contributed by atoms with Gasteiger partial charge in [0.25, 0.3) is 5.91 Å². The summed E-state index contributed by atoms with van der Waals surface area (Å²) in [4.78, 5) is 52.1. The lowest BCUT2D eigenvalue weighted by molar-refractivity contribution is -0.148. The largest absolute Gasteiger partial charge is 0.489 e. The van der Waals surface area contributed by atoms with Crippen LogP contribution < -0.4 is 20.1 Å². The Balaban J connectivity index is 1.24. The minimum atomic E-state index is -3.11. The van der Waals surface area contributed by atoms with Crippen LogP contribution in [0.1, 0.15) is 54.1 Å². The summed E-state index contributed by atoms with van der Waals surface area (Å²) in [6.45, 7) is -0.0407. The van der Waals surface area contributed by atoms with Crippen LogP contribution in [0.25, 0.3) is 11.1 Å². The summed E-state index contributed by atoms with van der Waals surface area (Å²) < 4.78 is 46.5. The van der Waals surface area contributed by atoms with Crippen LogP contribution in [-0.4, -0.2) is 62.3 Å². The summed E-state index contributed by atoms with van der Waals surface area (Å²) in [5.41, 5.74) is 4.07. The number of hydrogen-bond donors (Lipinski definition) is 2. The number of esters is 1. The molecule has 1 saturated carbocycles. The summed E-state index contributed by atoms with van der Waals surface area (Å²) in [6, 6.07) is 16.2. The molecule has 0 aliphatic heterocycles. The van der Waals surface area contributed by atoms with Gasteiger partial charge in [-0.25, -0.2) is 9.59 Å². The Morgan fingerprint density at radius 3 is 2.11 bits per heavy atom. The molecule has 2 aliphatic rings. The molecule has 3 aromatic rings. The number of benzene rings is 3. The van der Waals surface area contributed by atoms with Gasteiger partial charge >= 0.3 is 18.7 Å². The molecule has 2 aliphatic carbocycles. The Morgan fingerprint density at radius 2 is 1.50 bits per heavy atom. The fourth-order valence-corrected chi connectivity index (χ4v) is 5.27. The van der Waals surface area contributed by atoms with E-state index in [9.17, 15) is 28.0 Å². The van der Waals surface area contributed by atoms with Gasteiger partial charge in [-0.05, 0) is 73.1 Å². The molecule has 5 rings (SSSR count). The summed E-state index contributed by atoms with van der Waals surface area (Å²) >= 11 is 0. The maximum atomic E-state index is 13.4. The maximum Gasteiger partial charge on any atom is 0.407 e. The number of Topliss-reactive ketones (excluding diaryl/α,β-unsaturated/α-hetero) is 1. The van der Waals surface area contributed by atoms with Crippen molar-refractivity contribution < 1.29 is 46.9 Å². The van der Waals surface area contributed by atoms with E-state index in [2.05, 4.69) is 15.4 Å². The first-order chi connectivity index (χ1) is 22.2. The van der Waals surface area contributed by atoms with Crippen LogP contribution in [0.5, 0.6) is 11.5 Å². The van der Waals surface area contributed by atoms with Crippen molar-refractivity contribution in [1.29, 1.82) is 0 Å². The first-order valence-electron chi connectivity index (χ1n) is 15.0. The third-order valence-electron chi connectivity index (χ3n) is 7.78. The van der Waals surface area contributed by atoms with Crippen LogP contribution in [0.15, 0.2) is 66.7 Å². The quantitative estimate of drug-likeness (QED) is 0.182. The number of alkyl carbamates (subject to hydrolysis) is 1. The first-order valence-corrected chi connectivity index (χ1v) is 15.0. The van der Waals surface area contributed by atoms with Gasteiger partial charge in [-0.15, -0.1) is 0 Å². The number of amides is 2. The molecular formula is C34H34F2N2O8. The molecule has 1 fully saturated rings. The molecule has 0 aromatic heterocycles. The molecule has 0 heterocycles. The number of rotatable bonds is 14. The van der Waals surface area contributed by atoms with Gasteiger partial charge in [0.05, 0.1) is 19.3 Å². The zero-order valence-corrected chi connectivity index (χ0v) is 25.3. The number of ketones is 1. The Hall–Kier alpha value is -5.00. The van der Waals surface area contributed by atoms with Gasteiger partial charge < -0.3 is 29.6 Å². The second kappa shape index (κ2) is 14.4. The average molecular weight is 637 g/mol. The van der Waals surface area contributed by atoms with Crippen molar-refractivity contribution in [1.82, 2.24) is 10.6 Å². The highest BCUT2D eigenvalue weighted by atomic mass is 19.3. The third kappa shape index (κ3) is 7.61. The van der Waals surface area contributed by atoms with Crippen LogP contribution in [0, 0.1) is 5.92 Å². The Bertz CT molecular complexity index is 1560. The number of carbonyl (C=O) groups excluding carboxylic acids is 4. The van der Waals surface area contributed by atoms with Crippen molar-refractivity contribution in [2.24, 2.45) is 5.92 Å². The van der Waals surface area contributed by atoms with Crippen LogP contribution in [-0.2, 0) is 19.1 Å². The molecule has 46 heavy (non-hydrogen) atoms. The smallest absolute Gasteiger partial charge is 0.407 e. The van der Waals surface area contributed by atoms with E-state index in [1.165, 1.54) is 26.0 Å². The van der Waals surface area contributed by atoms with Crippen LogP contribution in [0.3, 0.4) is 0 Å². The van der Waals surface area contributed by atoms with E-state index in [-0.39, 0.29) is 48.7 Å². The van der Waals surface area contributed by atoms with Gasteiger partial charge in [-0.3, -0.25) is 9.59 Å². The molecule has 2 atom stereocenters. The fraction of sp³-hybridized carbons (Fsp3) is 0.353. The monoisotopic (exact) mass is 636 g/mol. The van der Waals surface area contributed by atoms with Crippen molar-refractivity contribution in [3.05, 3.63) is 83.4 Å². The van der Waals surface area contributed by atoms with Gasteiger partial charge in [0.15, 0.2) is 23.3 Å². The number of carbonyl (C=O) groups is 4. The molecule has 12 heteroatoms. The third-order valence-corrected chi connectivity index (χ3v) is 7.78. The lowest BCUT2D eigenvalue weighted by Gasteiger charge is -2.21. The maximum absolute atomic E-state index is 13.4. The Labute approximate surface area is 264 Å². The molecule has 0 spiro atoms. The Kier molecular flexibility index (Phi) is 10.1. The molecule has 0 radical (unpaired) electrons. The number of fused-ring (bicyclic) bond motifs is 3. The zero-order chi connectivity index (χ0) is 32.8. The van der Waals surface area contributed by atoms with Gasteiger partial charge in [0.1, 0.15) is 6.61 Å². The minimum Gasteiger partial charge on any atom is -0.489 e. The molecule has 242 valence electrons. The predicted octanol–water partition coefficient (Wildman–Crippen LogP) is 5.23. The average Bonchev–Trinajstić information content (AvgIpc) is 3.82. The molecule has 2 amide bonds. The number of halogens is 2. The lowest BCUT2D eigenvalue weighted by atomic mass is 9.98. The predicted molar refractivity (Wildman–Crippen MR) is 162 cm³/mol. The van der Waals surface area contributed by atoms with Crippen molar-refractivity contribution >= 4 is 23.8 Å². The highest BCUT2D eigenvalue weighted by Crippen LogP contribution is 2.44. The standard InChI is InChI=1S/C34H34F2N2O8/c1-3-43-32(41)29(38-31(40)21-14-15-27(46-33(35)36)28(16-21)44-17-20-12-13-20)30(39)19(2)37-34(42)45-18-26-24-10-6-4-8-22(24)23-9-5-7-11-25(23)26/h4-11,14-16,19-20,26,29,33H,3,12-13,17-18H2,1-2H3,(H,37,42)(H,38,40)/t19-,29?/m0/s1. The van der Waals surface area contributed by atoms with Crippen molar-refractivity contribution in [2.75, 3.05) is 19.8 Å². The van der Waals surface area contributed by atoms with Gasteiger partial charge in [0.2, 0.25) is 0 Å². The number of ether oxygens (including phenoxy) is 4. The zero-order valence-electron chi connectivity index (χ0n) is 25.3. The van der Waals surface area contributed by atoms with E-state index >= 15 is 0 Å². The molecular weight excluding hydrogens is 602 g/mol. The van der Waals surface area contributed by atoms with E-state index in [1.807, 2.05) is 48.5 Å². The normalized spacial score (nSPS) is 14.8. The molecule has 0 bridgehead atoms. The van der Waals surface area contributed by atoms with Crippen LogP contribution in [0.2, 0.25) is 0 Å². The highest BCUT2D eigenvalue weighted by molar-refractivity contribution is 6.10. The molecule has 1 unspecified atom stereocenters. The summed E-state index contributed by atoms with van der Waals surface area (Å²) in [6.07, 6.45) is 0.997. The second-order valence-electron chi connectivity index (χ2n) is 11.0. The summed E-state index contributed by atoms with van der Waals surface area (Å²) in [5, 5.41) is 4.77. The number of alkyl halides is 2. The minimum absolute atomic E-state index is 0.00916. The fourth-order valence-electron chi connectivity index (χ4n) is 5.27. The lowest BCUT2D eigenvalue weighted by Crippen LogP contribution is -2.54. The van der Waals surface area contributed by atoms with Crippen molar-refractivity contribution in [3.63, 3.8) is 0 Å². The molecule has 0 saturated heterocycles. The van der Waals surface area contributed by atoms with E-state index < -0.39 is 42.4 Å². The SMILES string of the molecule is CCOC(=O)C(NC(=O)c1ccc(OC(F)F)c(OCC2CC2)c1)C(=O)[C@H](C)NC(=O)OCC1c2ccccc2-c2ccccc21. The van der Waals surface area contributed by atoms with Gasteiger partial charge in [-0.1, -0.05) is 48.5 Å². The van der Waals surface area contributed by atoms with Crippen LogP contribution >= 0.6 is 0 Å². The molecule has 3 aromatic carbocycles. The topological polar surface area (TPSA) is 129 Å². The van der Waals surface area contributed by atoms with E-state index in [4.69, 9.17) is 14.2 Å². The summed E-state index contributed by atoms with van der Waals surface area (Å²) in [5.74, 6) is -3.03. The van der Waals surface area contributed by atoms with E-state index in [1.54, 1.807) is 0 Å².